The second-order valence-corrected chi connectivity index (χ2v) is 3.45. The van der Waals surface area contributed by atoms with Gasteiger partial charge in [0.1, 0.15) is 0 Å². The lowest BCUT2D eigenvalue weighted by Gasteiger charge is -2.05. The van der Waals surface area contributed by atoms with E-state index in [0.29, 0.717) is 0 Å². The van der Waals surface area contributed by atoms with E-state index in [1.165, 1.54) is 17.6 Å². The summed E-state index contributed by atoms with van der Waals surface area (Å²) in [5.41, 5.74) is 8.19. The summed E-state index contributed by atoms with van der Waals surface area (Å²) in [4.78, 5) is 0. The molecule has 0 amide bonds. The van der Waals surface area contributed by atoms with Gasteiger partial charge in [-0.15, -0.1) is 0 Å². The molecule has 1 heteroatoms. The molecule has 0 radical (unpaired) electrons. The van der Waals surface area contributed by atoms with Crippen LogP contribution in [0.25, 0.3) is 0 Å². The Bertz CT molecular complexity index is 166. The lowest BCUT2D eigenvalue weighted by molar-refractivity contribution is 0.753. The summed E-state index contributed by atoms with van der Waals surface area (Å²) in [6, 6.07) is 0.259. The van der Waals surface area contributed by atoms with E-state index in [2.05, 4.69) is 26.5 Å². The van der Waals surface area contributed by atoms with Crippen molar-refractivity contribution in [2.24, 2.45) is 5.73 Å². The molecule has 0 rings (SSSR count). The summed E-state index contributed by atoms with van der Waals surface area (Å²) in [7, 11) is 0. The predicted molar refractivity (Wildman–Crippen MR) is 56.1 cm³/mol. The average molecular weight is 167 g/mol. The third-order valence-electron chi connectivity index (χ3n) is 1.91. The zero-order valence-corrected chi connectivity index (χ0v) is 8.56. The van der Waals surface area contributed by atoms with Crippen molar-refractivity contribution in [3.05, 3.63) is 23.8 Å². The molecule has 0 aromatic carbocycles. The van der Waals surface area contributed by atoms with Gasteiger partial charge in [-0.3, -0.25) is 0 Å². The Morgan fingerprint density at radius 3 is 2.58 bits per heavy atom. The van der Waals surface area contributed by atoms with Crippen molar-refractivity contribution in [2.75, 3.05) is 0 Å². The van der Waals surface area contributed by atoms with Gasteiger partial charge >= 0.3 is 0 Å². The normalized spacial score (nSPS) is 14.5. The van der Waals surface area contributed by atoms with Crippen molar-refractivity contribution in [2.45, 2.75) is 46.1 Å². The van der Waals surface area contributed by atoms with Crippen LogP contribution >= 0.6 is 0 Å². The van der Waals surface area contributed by atoms with E-state index in [1.807, 2.05) is 6.92 Å². The molecular weight excluding hydrogens is 146 g/mol. The van der Waals surface area contributed by atoms with E-state index in [-0.39, 0.29) is 6.04 Å². The number of nitrogens with two attached hydrogens (primary N) is 1. The Hall–Kier alpha value is -0.560. The van der Waals surface area contributed by atoms with Gasteiger partial charge in [0.15, 0.2) is 0 Å². The lowest BCUT2D eigenvalue weighted by atomic mass is 10.0. The molecular formula is C11H21N. The molecule has 0 aliphatic carbocycles. The Kier molecular flexibility index (Phi) is 5.73. The Morgan fingerprint density at radius 2 is 2.17 bits per heavy atom. The minimum atomic E-state index is 0.259. The highest BCUT2D eigenvalue weighted by Crippen LogP contribution is 2.13. The smallest absolute Gasteiger partial charge is 0.00452 e. The fourth-order valence-corrected chi connectivity index (χ4v) is 1.01. The predicted octanol–water partition coefficient (Wildman–Crippen LogP) is 3.03. The molecule has 0 bridgehead atoms. The fraction of sp³-hybridized carbons (Fsp3) is 0.636. The van der Waals surface area contributed by atoms with E-state index in [9.17, 15) is 0 Å². The first-order valence-electron chi connectivity index (χ1n) is 4.68. The van der Waals surface area contributed by atoms with E-state index in [1.54, 1.807) is 0 Å². The number of hydrogen-bond donors (Lipinski definition) is 1. The SMILES string of the molecule is C=C(CCC)/C(C)=C/CC(C)N. The van der Waals surface area contributed by atoms with Crippen molar-refractivity contribution in [3.63, 3.8) is 0 Å². The van der Waals surface area contributed by atoms with Crippen LogP contribution in [0.5, 0.6) is 0 Å². The van der Waals surface area contributed by atoms with Gasteiger partial charge in [-0.2, -0.15) is 0 Å². The minimum absolute atomic E-state index is 0.259. The molecule has 0 aromatic rings. The number of allylic oxidation sites excluding steroid dienone is 2. The molecule has 12 heavy (non-hydrogen) atoms. The molecule has 0 saturated carbocycles. The third-order valence-corrected chi connectivity index (χ3v) is 1.91. The molecule has 1 nitrogen and oxygen atoms in total. The van der Waals surface area contributed by atoms with E-state index in [4.69, 9.17) is 5.73 Å². The summed E-state index contributed by atoms with van der Waals surface area (Å²) >= 11 is 0. The van der Waals surface area contributed by atoms with Crippen molar-refractivity contribution in [1.82, 2.24) is 0 Å². The Labute approximate surface area is 76.3 Å². The van der Waals surface area contributed by atoms with Crippen LogP contribution < -0.4 is 5.73 Å². The van der Waals surface area contributed by atoms with Crippen LogP contribution in [-0.2, 0) is 0 Å². The second-order valence-electron chi connectivity index (χ2n) is 3.45. The summed E-state index contributed by atoms with van der Waals surface area (Å²) in [6.07, 6.45) is 5.40. The molecule has 0 saturated heterocycles. The summed E-state index contributed by atoms with van der Waals surface area (Å²) in [5, 5.41) is 0. The first-order valence-corrected chi connectivity index (χ1v) is 4.68. The van der Waals surface area contributed by atoms with Crippen LogP contribution in [-0.4, -0.2) is 6.04 Å². The highest BCUT2D eigenvalue weighted by Gasteiger charge is 1.96. The lowest BCUT2D eigenvalue weighted by Crippen LogP contribution is -2.13. The van der Waals surface area contributed by atoms with Gasteiger partial charge < -0.3 is 5.73 Å². The molecule has 0 spiro atoms. The molecule has 0 aliphatic heterocycles. The summed E-state index contributed by atoms with van der Waals surface area (Å²) in [5.74, 6) is 0. The van der Waals surface area contributed by atoms with Gasteiger partial charge in [0, 0.05) is 6.04 Å². The van der Waals surface area contributed by atoms with Gasteiger partial charge in [0.25, 0.3) is 0 Å². The quantitative estimate of drug-likeness (QED) is 0.626. The molecule has 0 aromatic heterocycles. The van der Waals surface area contributed by atoms with Gasteiger partial charge in [-0.1, -0.05) is 37.1 Å². The van der Waals surface area contributed by atoms with Crippen LogP contribution in [0.2, 0.25) is 0 Å². The average Bonchev–Trinajstić information content (AvgIpc) is 2.00. The molecule has 1 unspecified atom stereocenters. The van der Waals surface area contributed by atoms with Gasteiger partial charge in [-0.25, -0.2) is 0 Å². The number of hydrogen-bond acceptors (Lipinski definition) is 1. The van der Waals surface area contributed by atoms with Crippen LogP contribution in [0.3, 0.4) is 0 Å². The van der Waals surface area contributed by atoms with E-state index >= 15 is 0 Å². The maximum absolute atomic E-state index is 5.64. The number of rotatable bonds is 5. The zero-order valence-electron chi connectivity index (χ0n) is 8.56. The van der Waals surface area contributed by atoms with Crippen molar-refractivity contribution in [1.29, 1.82) is 0 Å². The third kappa shape index (κ3) is 5.14. The van der Waals surface area contributed by atoms with E-state index in [0.717, 1.165) is 12.8 Å². The zero-order chi connectivity index (χ0) is 9.56. The highest BCUT2D eigenvalue weighted by molar-refractivity contribution is 5.25. The first-order chi connectivity index (χ1) is 5.57. The van der Waals surface area contributed by atoms with Gasteiger partial charge in [0.05, 0.1) is 0 Å². The largest absolute Gasteiger partial charge is 0.328 e. The standard InChI is InChI=1S/C11H21N/c1-5-6-9(2)10(3)7-8-11(4)12/h7,11H,2,5-6,8,12H2,1,3-4H3/b10-7+. The van der Waals surface area contributed by atoms with Gasteiger partial charge in [0.2, 0.25) is 0 Å². The summed E-state index contributed by atoms with van der Waals surface area (Å²) in [6.45, 7) is 10.3. The van der Waals surface area contributed by atoms with Crippen LogP contribution in [0.1, 0.15) is 40.0 Å². The molecule has 1 atom stereocenters. The summed E-state index contributed by atoms with van der Waals surface area (Å²) < 4.78 is 0. The molecule has 70 valence electrons. The van der Waals surface area contributed by atoms with Gasteiger partial charge in [-0.05, 0) is 26.7 Å². The van der Waals surface area contributed by atoms with Crippen molar-refractivity contribution < 1.29 is 0 Å². The van der Waals surface area contributed by atoms with Crippen LogP contribution in [0.15, 0.2) is 23.8 Å². The highest BCUT2D eigenvalue weighted by atomic mass is 14.6. The fourth-order valence-electron chi connectivity index (χ4n) is 1.01. The first kappa shape index (κ1) is 11.4. The molecule has 0 heterocycles. The Balaban J connectivity index is 3.90. The molecule has 0 fully saturated rings. The van der Waals surface area contributed by atoms with Crippen LogP contribution in [0.4, 0.5) is 0 Å². The van der Waals surface area contributed by atoms with Crippen molar-refractivity contribution in [3.8, 4) is 0 Å². The van der Waals surface area contributed by atoms with E-state index < -0.39 is 0 Å². The van der Waals surface area contributed by atoms with Crippen LogP contribution in [0, 0.1) is 0 Å². The topological polar surface area (TPSA) is 26.0 Å². The maximum atomic E-state index is 5.64. The Morgan fingerprint density at radius 1 is 1.58 bits per heavy atom. The molecule has 2 N–H and O–H groups in total. The second kappa shape index (κ2) is 6.01. The molecule has 0 aliphatic rings. The minimum Gasteiger partial charge on any atom is -0.328 e. The monoisotopic (exact) mass is 167 g/mol. The van der Waals surface area contributed by atoms with Crippen molar-refractivity contribution >= 4 is 0 Å². The maximum Gasteiger partial charge on any atom is 0.00452 e.